The Labute approximate surface area is 252 Å². The zero-order valence-corrected chi connectivity index (χ0v) is 25.9. The fourth-order valence-corrected chi connectivity index (χ4v) is 5.97. The van der Waals surface area contributed by atoms with Gasteiger partial charge in [0.15, 0.2) is 0 Å². The van der Waals surface area contributed by atoms with Gasteiger partial charge in [0.05, 0.1) is 27.7 Å². The predicted molar refractivity (Wildman–Crippen MR) is 163 cm³/mol. The molecular weight excluding hydrogens is 585 g/mol. The second-order valence-corrected chi connectivity index (χ2v) is 12.2. The number of carbonyl (C=O) groups excluding carboxylic acids is 2. The third-order valence-electron chi connectivity index (χ3n) is 6.52. The van der Waals surface area contributed by atoms with E-state index in [2.05, 4.69) is 5.32 Å². The molecule has 3 aromatic carbocycles. The Bertz CT molecular complexity index is 1450. The first-order valence-corrected chi connectivity index (χ1v) is 15.5. The third kappa shape index (κ3) is 8.15. The molecule has 0 unspecified atom stereocenters. The Morgan fingerprint density at radius 1 is 0.951 bits per heavy atom. The molecule has 0 saturated carbocycles. The van der Waals surface area contributed by atoms with E-state index < -0.39 is 28.5 Å². The first kappa shape index (κ1) is 32.2. The molecule has 220 valence electrons. The van der Waals surface area contributed by atoms with Gasteiger partial charge >= 0.3 is 0 Å². The molecule has 3 rings (SSSR count). The molecule has 11 heteroatoms. The summed E-state index contributed by atoms with van der Waals surface area (Å²) in [6, 6.07) is 16.9. The number of rotatable bonds is 13. The Morgan fingerprint density at radius 3 is 2.17 bits per heavy atom. The number of sulfonamides is 1. The summed E-state index contributed by atoms with van der Waals surface area (Å²) >= 11 is 12.3. The number of hydrogen-bond acceptors (Lipinski definition) is 5. The molecule has 0 aliphatic rings. The smallest absolute Gasteiger partial charge is 0.264 e. The number of hydrogen-bond donors (Lipinski definition) is 1. The molecule has 0 aromatic heterocycles. The van der Waals surface area contributed by atoms with Crippen molar-refractivity contribution < 1.29 is 22.7 Å². The SMILES string of the molecule is CCCNC(=O)[C@@H](CC)N(Cc1ccc(Cl)c(Cl)c1)C(=O)CN(c1ccc(OC)cc1)S(=O)(=O)c1ccc(C)cc1. The Balaban J connectivity index is 2.06. The highest BCUT2D eigenvalue weighted by Gasteiger charge is 2.33. The van der Waals surface area contributed by atoms with E-state index in [-0.39, 0.29) is 23.0 Å². The van der Waals surface area contributed by atoms with Crippen LogP contribution >= 0.6 is 23.2 Å². The van der Waals surface area contributed by atoms with Crippen LogP contribution in [0.5, 0.6) is 5.75 Å². The summed E-state index contributed by atoms with van der Waals surface area (Å²) in [6.07, 6.45) is 1.04. The maximum Gasteiger partial charge on any atom is 0.264 e. The number of carbonyl (C=O) groups is 2. The van der Waals surface area contributed by atoms with E-state index in [1.807, 2.05) is 13.8 Å². The average molecular weight is 621 g/mol. The third-order valence-corrected chi connectivity index (χ3v) is 9.05. The maximum absolute atomic E-state index is 14.1. The van der Waals surface area contributed by atoms with E-state index >= 15 is 0 Å². The van der Waals surface area contributed by atoms with Crippen LogP contribution in [-0.4, -0.2) is 51.4 Å². The largest absolute Gasteiger partial charge is 0.497 e. The summed E-state index contributed by atoms with van der Waals surface area (Å²) in [5.41, 5.74) is 1.82. The van der Waals surface area contributed by atoms with Crippen LogP contribution in [0.3, 0.4) is 0 Å². The van der Waals surface area contributed by atoms with Crippen molar-refractivity contribution >= 4 is 50.7 Å². The molecule has 0 spiro atoms. The first-order valence-electron chi connectivity index (χ1n) is 13.3. The minimum Gasteiger partial charge on any atom is -0.497 e. The molecule has 8 nitrogen and oxygen atoms in total. The van der Waals surface area contributed by atoms with Crippen LogP contribution in [-0.2, 0) is 26.2 Å². The van der Waals surface area contributed by atoms with Crippen LogP contribution in [0.15, 0.2) is 71.6 Å². The van der Waals surface area contributed by atoms with E-state index in [0.29, 0.717) is 34.3 Å². The molecule has 0 radical (unpaired) electrons. The van der Waals surface area contributed by atoms with Gasteiger partial charge in [-0.25, -0.2) is 8.42 Å². The monoisotopic (exact) mass is 619 g/mol. The van der Waals surface area contributed by atoms with Crippen LogP contribution in [0, 0.1) is 6.92 Å². The van der Waals surface area contributed by atoms with Crippen molar-refractivity contribution in [3.63, 3.8) is 0 Å². The average Bonchev–Trinajstić information content (AvgIpc) is 2.96. The van der Waals surface area contributed by atoms with Gasteiger partial charge < -0.3 is 15.0 Å². The summed E-state index contributed by atoms with van der Waals surface area (Å²) < 4.78 is 34.1. The van der Waals surface area contributed by atoms with Gasteiger partial charge in [-0.05, 0) is 73.9 Å². The van der Waals surface area contributed by atoms with E-state index in [0.717, 1.165) is 16.3 Å². The van der Waals surface area contributed by atoms with Crippen molar-refractivity contribution in [3.8, 4) is 5.75 Å². The van der Waals surface area contributed by atoms with Crippen molar-refractivity contribution in [1.29, 1.82) is 0 Å². The summed E-state index contributed by atoms with van der Waals surface area (Å²) in [4.78, 5) is 28.7. The number of ether oxygens (including phenoxy) is 1. The Kier molecular flexibility index (Phi) is 11.5. The van der Waals surface area contributed by atoms with Gasteiger partial charge in [0.1, 0.15) is 18.3 Å². The highest BCUT2D eigenvalue weighted by Crippen LogP contribution is 2.28. The molecule has 2 amide bonds. The molecule has 0 aliphatic carbocycles. The fraction of sp³-hybridized carbons (Fsp3) is 0.333. The highest BCUT2D eigenvalue weighted by molar-refractivity contribution is 7.92. The number of nitrogens with one attached hydrogen (secondary N) is 1. The van der Waals surface area contributed by atoms with E-state index in [1.54, 1.807) is 61.5 Å². The Hall–Kier alpha value is -3.27. The molecule has 1 N–H and O–H groups in total. The standard InChI is InChI=1S/C30H35Cl2N3O5S/c1-5-17-33-30(37)28(6-2)34(19-22-9-16-26(31)27(32)18-22)29(36)20-35(23-10-12-24(40-4)13-11-23)41(38,39)25-14-7-21(3)8-15-25/h7-16,18,28H,5-6,17,19-20H2,1-4H3,(H,33,37)/t28-/m1/s1. The van der Waals surface area contributed by atoms with E-state index in [1.165, 1.54) is 24.1 Å². The number of halogens is 2. The van der Waals surface area contributed by atoms with Crippen LogP contribution in [0.1, 0.15) is 37.8 Å². The highest BCUT2D eigenvalue weighted by atomic mass is 35.5. The topological polar surface area (TPSA) is 96.0 Å². The van der Waals surface area contributed by atoms with Crippen molar-refractivity contribution in [2.24, 2.45) is 0 Å². The molecule has 0 fully saturated rings. The van der Waals surface area contributed by atoms with Gasteiger partial charge in [0.25, 0.3) is 10.0 Å². The van der Waals surface area contributed by atoms with E-state index in [4.69, 9.17) is 27.9 Å². The minimum absolute atomic E-state index is 0.0226. The number of amides is 2. The molecule has 0 aliphatic heterocycles. The number of benzene rings is 3. The minimum atomic E-state index is -4.17. The number of nitrogens with zero attached hydrogens (tertiary/aromatic N) is 2. The maximum atomic E-state index is 14.1. The predicted octanol–water partition coefficient (Wildman–Crippen LogP) is 5.84. The number of aryl methyl sites for hydroxylation is 1. The summed E-state index contributed by atoms with van der Waals surface area (Å²) in [6.45, 7) is 5.52. The van der Waals surface area contributed by atoms with Crippen molar-refractivity contribution in [2.45, 2.75) is 51.1 Å². The molecule has 1 atom stereocenters. The van der Waals surface area contributed by atoms with Crippen molar-refractivity contribution in [1.82, 2.24) is 10.2 Å². The molecule has 0 bridgehead atoms. The molecule has 41 heavy (non-hydrogen) atoms. The molecule has 0 heterocycles. The number of anilines is 1. The van der Waals surface area contributed by atoms with Crippen molar-refractivity contribution in [3.05, 3.63) is 87.9 Å². The van der Waals surface area contributed by atoms with Gasteiger partial charge in [-0.15, -0.1) is 0 Å². The lowest BCUT2D eigenvalue weighted by Gasteiger charge is -2.33. The van der Waals surface area contributed by atoms with Gasteiger partial charge in [-0.2, -0.15) is 0 Å². The fourth-order valence-electron chi connectivity index (χ4n) is 4.23. The molecule has 0 saturated heterocycles. The second kappa shape index (κ2) is 14.6. The zero-order valence-electron chi connectivity index (χ0n) is 23.6. The van der Waals surface area contributed by atoms with E-state index in [9.17, 15) is 18.0 Å². The van der Waals surface area contributed by atoms with Crippen LogP contribution in [0.4, 0.5) is 5.69 Å². The first-order chi connectivity index (χ1) is 19.5. The van der Waals surface area contributed by atoms with Gasteiger partial charge in [0.2, 0.25) is 11.8 Å². The normalized spacial score (nSPS) is 12.0. The molecular formula is C30H35Cl2N3O5S. The Morgan fingerprint density at radius 2 is 1.61 bits per heavy atom. The van der Waals surface area contributed by atoms with Crippen LogP contribution in [0.25, 0.3) is 0 Å². The van der Waals surface area contributed by atoms with Gasteiger partial charge in [-0.3, -0.25) is 13.9 Å². The van der Waals surface area contributed by atoms with Crippen LogP contribution in [0.2, 0.25) is 10.0 Å². The summed E-state index contributed by atoms with van der Waals surface area (Å²) in [5, 5.41) is 3.52. The lowest BCUT2D eigenvalue weighted by molar-refractivity contribution is -0.140. The lowest BCUT2D eigenvalue weighted by atomic mass is 10.1. The summed E-state index contributed by atoms with van der Waals surface area (Å²) in [5.74, 6) is -0.339. The quantitative estimate of drug-likeness (QED) is 0.259. The molecule has 3 aromatic rings. The second-order valence-electron chi connectivity index (χ2n) is 9.51. The van der Waals surface area contributed by atoms with Gasteiger partial charge in [0, 0.05) is 13.1 Å². The summed E-state index contributed by atoms with van der Waals surface area (Å²) in [7, 11) is -2.66. The lowest BCUT2D eigenvalue weighted by Crippen LogP contribution is -2.52. The number of methoxy groups -OCH3 is 1. The van der Waals surface area contributed by atoms with Gasteiger partial charge in [-0.1, -0.05) is 60.8 Å². The van der Waals surface area contributed by atoms with Crippen molar-refractivity contribution in [2.75, 3.05) is 24.5 Å². The van der Waals surface area contributed by atoms with Crippen LogP contribution < -0.4 is 14.4 Å². The zero-order chi connectivity index (χ0) is 30.2.